The number of hydrogen-bond donors (Lipinski definition) is 2. The summed E-state index contributed by atoms with van der Waals surface area (Å²) in [5.41, 5.74) is 1.25. The van der Waals surface area contributed by atoms with Gasteiger partial charge in [-0.2, -0.15) is 5.10 Å². The molecule has 1 aromatic heterocycles. The summed E-state index contributed by atoms with van der Waals surface area (Å²) in [5, 5.41) is 7.56. The number of hydrogen-bond acceptors (Lipinski definition) is 4. The van der Waals surface area contributed by atoms with Crippen molar-refractivity contribution in [3.8, 4) is 0 Å². The number of aryl methyl sites for hydroxylation is 1. The van der Waals surface area contributed by atoms with Gasteiger partial charge in [0, 0.05) is 45.3 Å². The molecule has 2 fully saturated rings. The van der Waals surface area contributed by atoms with Crippen LogP contribution in [0.25, 0.3) is 0 Å². The summed E-state index contributed by atoms with van der Waals surface area (Å²) in [6.07, 6.45) is 8.55. The molecule has 2 aliphatic rings. The predicted molar refractivity (Wildman–Crippen MR) is 107 cm³/mol. The SMILES string of the molecule is CCNC(=NCCS(=O)(=O)NCC1CCC1)N1CCC(c2cnn(C)c2)C1. The highest BCUT2D eigenvalue weighted by Crippen LogP contribution is 2.27. The van der Waals surface area contributed by atoms with Crippen LogP contribution in [0, 0.1) is 5.92 Å². The minimum atomic E-state index is -3.25. The van der Waals surface area contributed by atoms with Crippen LogP contribution in [0.4, 0.5) is 0 Å². The first kappa shape index (κ1) is 20.1. The lowest BCUT2D eigenvalue weighted by Gasteiger charge is -2.25. The molecular formula is C18H32N6O2S. The van der Waals surface area contributed by atoms with Crippen LogP contribution >= 0.6 is 0 Å². The first-order valence-electron chi connectivity index (χ1n) is 9.96. The number of aromatic nitrogens is 2. The monoisotopic (exact) mass is 396 g/mol. The summed E-state index contributed by atoms with van der Waals surface area (Å²) in [5.74, 6) is 1.80. The fourth-order valence-electron chi connectivity index (χ4n) is 3.59. The zero-order chi connectivity index (χ0) is 19.3. The molecule has 1 atom stereocenters. The molecule has 0 radical (unpaired) electrons. The van der Waals surface area contributed by atoms with Gasteiger partial charge < -0.3 is 10.2 Å². The molecule has 1 aromatic rings. The molecule has 1 saturated carbocycles. The van der Waals surface area contributed by atoms with E-state index in [0.717, 1.165) is 44.9 Å². The normalized spacial score (nSPS) is 21.5. The van der Waals surface area contributed by atoms with Crippen LogP contribution in [0.3, 0.4) is 0 Å². The van der Waals surface area contributed by atoms with E-state index >= 15 is 0 Å². The topological polar surface area (TPSA) is 91.6 Å². The molecule has 0 amide bonds. The summed E-state index contributed by atoms with van der Waals surface area (Å²) >= 11 is 0. The van der Waals surface area contributed by atoms with Crippen LogP contribution in [0.1, 0.15) is 44.1 Å². The third kappa shape index (κ3) is 5.68. The number of sulfonamides is 1. The molecule has 9 heteroatoms. The molecule has 27 heavy (non-hydrogen) atoms. The zero-order valence-corrected chi connectivity index (χ0v) is 17.2. The van der Waals surface area contributed by atoms with Gasteiger partial charge in [0.15, 0.2) is 5.96 Å². The van der Waals surface area contributed by atoms with Crippen LogP contribution in [0.2, 0.25) is 0 Å². The van der Waals surface area contributed by atoms with E-state index < -0.39 is 10.0 Å². The second-order valence-corrected chi connectivity index (χ2v) is 9.51. The molecule has 2 N–H and O–H groups in total. The van der Waals surface area contributed by atoms with Gasteiger partial charge in [-0.1, -0.05) is 6.42 Å². The minimum absolute atomic E-state index is 0.0362. The average molecular weight is 397 g/mol. The molecule has 0 bridgehead atoms. The van der Waals surface area contributed by atoms with Crippen molar-refractivity contribution in [2.75, 3.05) is 38.5 Å². The number of nitrogens with zero attached hydrogens (tertiary/aromatic N) is 4. The van der Waals surface area contributed by atoms with E-state index in [1.165, 1.54) is 12.0 Å². The Morgan fingerprint density at radius 1 is 1.37 bits per heavy atom. The second kappa shape index (κ2) is 9.05. The van der Waals surface area contributed by atoms with Crippen molar-refractivity contribution in [3.05, 3.63) is 18.0 Å². The van der Waals surface area contributed by atoms with Crippen LogP contribution in [-0.2, 0) is 17.1 Å². The standard InChI is InChI=1S/C18H32N6O2S/c1-3-19-18(20-8-10-27(25,26)22-11-15-5-4-6-15)24-9-7-16(14-24)17-12-21-23(2)13-17/h12-13,15-16,22H,3-11,14H2,1-2H3,(H,19,20). The third-order valence-corrected chi connectivity index (χ3v) is 6.78. The van der Waals surface area contributed by atoms with Crippen LogP contribution < -0.4 is 10.0 Å². The highest BCUT2D eigenvalue weighted by atomic mass is 32.2. The van der Waals surface area contributed by atoms with Crippen LogP contribution in [-0.4, -0.2) is 67.5 Å². The zero-order valence-electron chi connectivity index (χ0n) is 16.4. The maximum atomic E-state index is 12.2. The smallest absolute Gasteiger partial charge is 0.213 e. The fourth-order valence-corrected chi connectivity index (χ4v) is 4.55. The maximum Gasteiger partial charge on any atom is 0.213 e. The van der Waals surface area contributed by atoms with E-state index in [2.05, 4.69) is 31.2 Å². The Kier molecular flexibility index (Phi) is 6.75. The molecule has 1 aliphatic carbocycles. The molecule has 152 valence electrons. The highest BCUT2D eigenvalue weighted by Gasteiger charge is 2.27. The Morgan fingerprint density at radius 3 is 2.81 bits per heavy atom. The van der Waals surface area contributed by atoms with Crippen molar-refractivity contribution in [2.45, 2.75) is 38.5 Å². The lowest BCUT2D eigenvalue weighted by Crippen LogP contribution is -2.40. The van der Waals surface area contributed by atoms with Crippen LogP contribution in [0.5, 0.6) is 0 Å². The number of aliphatic imine (C=N–C) groups is 1. The van der Waals surface area contributed by atoms with E-state index in [1.807, 2.05) is 24.9 Å². The van der Waals surface area contributed by atoms with E-state index in [1.54, 1.807) is 0 Å². The Morgan fingerprint density at radius 2 is 2.19 bits per heavy atom. The molecule has 0 spiro atoms. The molecule has 1 aliphatic heterocycles. The molecule has 0 aromatic carbocycles. The van der Waals surface area contributed by atoms with Crippen molar-refractivity contribution >= 4 is 16.0 Å². The Hall–Kier alpha value is -1.61. The van der Waals surface area contributed by atoms with Crippen molar-refractivity contribution in [1.82, 2.24) is 24.7 Å². The van der Waals surface area contributed by atoms with Gasteiger partial charge in [-0.3, -0.25) is 9.67 Å². The number of guanidine groups is 1. The summed E-state index contributed by atoms with van der Waals surface area (Å²) < 4.78 is 28.9. The van der Waals surface area contributed by atoms with E-state index in [-0.39, 0.29) is 12.3 Å². The van der Waals surface area contributed by atoms with E-state index in [0.29, 0.717) is 18.4 Å². The molecule has 3 rings (SSSR count). The molecule has 2 heterocycles. The van der Waals surface area contributed by atoms with Crippen molar-refractivity contribution in [2.24, 2.45) is 18.0 Å². The fraction of sp³-hybridized carbons (Fsp3) is 0.778. The largest absolute Gasteiger partial charge is 0.357 e. The first-order chi connectivity index (χ1) is 13.0. The van der Waals surface area contributed by atoms with Gasteiger partial charge in [-0.15, -0.1) is 0 Å². The first-order valence-corrected chi connectivity index (χ1v) is 11.6. The van der Waals surface area contributed by atoms with Crippen LogP contribution in [0.15, 0.2) is 17.4 Å². The molecule has 8 nitrogen and oxygen atoms in total. The minimum Gasteiger partial charge on any atom is -0.357 e. The summed E-state index contributed by atoms with van der Waals surface area (Å²) in [4.78, 5) is 6.78. The molecular weight excluding hydrogens is 364 g/mol. The Balaban J connectivity index is 1.51. The maximum absolute atomic E-state index is 12.2. The van der Waals surface area contributed by atoms with Gasteiger partial charge in [-0.05, 0) is 37.7 Å². The van der Waals surface area contributed by atoms with Gasteiger partial charge in [0.25, 0.3) is 0 Å². The number of rotatable bonds is 8. The molecule has 1 unspecified atom stereocenters. The van der Waals surface area contributed by atoms with Gasteiger partial charge in [-0.25, -0.2) is 13.1 Å². The van der Waals surface area contributed by atoms with Gasteiger partial charge in [0.05, 0.1) is 18.5 Å². The predicted octanol–water partition coefficient (Wildman–Crippen LogP) is 0.894. The lowest BCUT2D eigenvalue weighted by atomic mass is 9.86. The summed E-state index contributed by atoms with van der Waals surface area (Å²) in [6, 6.07) is 0. The number of likely N-dealkylation sites (tertiary alicyclic amines) is 1. The van der Waals surface area contributed by atoms with Crippen molar-refractivity contribution < 1.29 is 8.42 Å². The van der Waals surface area contributed by atoms with Crippen molar-refractivity contribution in [3.63, 3.8) is 0 Å². The van der Waals surface area contributed by atoms with Crippen molar-refractivity contribution in [1.29, 1.82) is 0 Å². The quantitative estimate of drug-likeness (QED) is 0.503. The van der Waals surface area contributed by atoms with E-state index in [9.17, 15) is 8.42 Å². The van der Waals surface area contributed by atoms with Gasteiger partial charge in [0.2, 0.25) is 10.0 Å². The molecule has 1 saturated heterocycles. The Labute approximate surface area is 162 Å². The third-order valence-electron chi connectivity index (χ3n) is 5.46. The van der Waals surface area contributed by atoms with Gasteiger partial charge in [0.1, 0.15) is 0 Å². The number of nitrogens with one attached hydrogen (secondary N) is 2. The lowest BCUT2D eigenvalue weighted by molar-refractivity contribution is 0.316. The average Bonchev–Trinajstić information content (AvgIpc) is 3.21. The Bertz CT molecular complexity index is 741. The second-order valence-electron chi connectivity index (χ2n) is 7.58. The summed E-state index contributed by atoms with van der Waals surface area (Å²) in [7, 11) is -1.32. The van der Waals surface area contributed by atoms with Gasteiger partial charge >= 0.3 is 0 Å². The van der Waals surface area contributed by atoms with E-state index in [4.69, 9.17) is 0 Å². The highest BCUT2D eigenvalue weighted by molar-refractivity contribution is 7.89. The summed E-state index contributed by atoms with van der Waals surface area (Å²) in [6.45, 7) is 5.43.